The number of hydrogen-bond donors (Lipinski definition) is 2. The van der Waals surface area contributed by atoms with Gasteiger partial charge in [-0.05, 0) is 38.6 Å². The van der Waals surface area contributed by atoms with Crippen molar-refractivity contribution in [3.8, 4) is 0 Å². The number of nitrogens with zero attached hydrogens (tertiary/aromatic N) is 1. The highest BCUT2D eigenvalue weighted by molar-refractivity contribution is 5.87. The Morgan fingerprint density at radius 3 is 2.53 bits per heavy atom. The molecule has 0 saturated heterocycles. The zero-order chi connectivity index (χ0) is 14.6. The lowest BCUT2D eigenvalue weighted by atomic mass is 10.1. The van der Waals surface area contributed by atoms with Crippen molar-refractivity contribution in [1.29, 1.82) is 0 Å². The largest absolute Gasteiger partial charge is 0.478 e. The smallest absolute Gasteiger partial charge is 0.335 e. The van der Waals surface area contributed by atoms with E-state index < -0.39 is 17.4 Å². The van der Waals surface area contributed by atoms with Crippen molar-refractivity contribution in [3.63, 3.8) is 0 Å². The van der Waals surface area contributed by atoms with Crippen LogP contribution in [0.5, 0.6) is 0 Å². The van der Waals surface area contributed by atoms with Crippen LogP contribution in [-0.4, -0.2) is 39.8 Å². The fourth-order valence-electron chi connectivity index (χ4n) is 1.90. The van der Waals surface area contributed by atoms with Crippen LogP contribution < -0.4 is 0 Å². The van der Waals surface area contributed by atoms with Crippen LogP contribution in [-0.2, 0) is 6.54 Å². The lowest BCUT2D eigenvalue weighted by Gasteiger charge is -2.28. The number of hydrogen-bond acceptors (Lipinski definition) is 3. The molecule has 4 nitrogen and oxygen atoms in total. The normalized spacial score (nSPS) is 11.9. The zero-order valence-corrected chi connectivity index (χ0v) is 11.5. The number of carboxylic acid groups (broad SMARTS) is 1. The molecule has 0 unspecified atom stereocenters. The number of aliphatic hydroxyl groups is 1. The van der Waals surface area contributed by atoms with Gasteiger partial charge in [-0.3, -0.25) is 4.90 Å². The van der Waals surface area contributed by atoms with Crippen LogP contribution in [0.2, 0.25) is 0 Å². The Labute approximate surface area is 112 Å². The van der Waals surface area contributed by atoms with Crippen molar-refractivity contribution in [2.75, 3.05) is 13.1 Å². The highest BCUT2D eigenvalue weighted by Crippen LogP contribution is 2.15. The minimum atomic E-state index is -1.08. The van der Waals surface area contributed by atoms with Crippen molar-refractivity contribution >= 4 is 5.97 Å². The van der Waals surface area contributed by atoms with Gasteiger partial charge in [-0.1, -0.05) is 6.92 Å². The Balaban J connectivity index is 2.90. The molecule has 0 aliphatic carbocycles. The average molecular weight is 269 g/mol. The summed E-state index contributed by atoms with van der Waals surface area (Å²) in [5, 5.41) is 18.7. The molecule has 0 aromatic heterocycles. The van der Waals surface area contributed by atoms with Gasteiger partial charge in [-0.15, -0.1) is 0 Å². The number of carboxylic acids is 1. The maximum absolute atomic E-state index is 13.7. The number of rotatable bonds is 6. The Hall–Kier alpha value is -1.46. The molecule has 0 bridgehead atoms. The summed E-state index contributed by atoms with van der Waals surface area (Å²) in [4.78, 5) is 12.7. The van der Waals surface area contributed by atoms with E-state index in [0.717, 1.165) is 6.07 Å². The molecule has 0 radical (unpaired) electrons. The van der Waals surface area contributed by atoms with Gasteiger partial charge in [0.15, 0.2) is 0 Å². The van der Waals surface area contributed by atoms with E-state index >= 15 is 0 Å². The molecule has 0 spiro atoms. The van der Waals surface area contributed by atoms with Crippen LogP contribution in [0.3, 0.4) is 0 Å². The summed E-state index contributed by atoms with van der Waals surface area (Å²) in [7, 11) is 0. The molecule has 0 atom stereocenters. The molecule has 1 aromatic carbocycles. The molecule has 0 aliphatic heterocycles. The van der Waals surface area contributed by atoms with Crippen LogP contribution in [0.15, 0.2) is 18.2 Å². The van der Waals surface area contributed by atoms with E-state index in [1.165, 1.54) is 12.1 Å². The molecule has 0 heterocycles. The van der Waals surface area contributed by atoms with Crippen LogP contribution in [0.1, 0.15) is 36.7 Å². The molecule has 1 aromatic rings. The van der Waals surface area contributed by atoms with Gasteiger partial charge in [-0.2, -0.15) is 0 Å². The van der Waals surface area contributed by atoms with Crippen molar-refractivity contribution in [1.82, 2.24) is 4.90 Å². The number of carbonyl (C=O) groups is 1. The van der Waals surface area contributed by atoms with Gasteiger partial charge < -0.3 is 10.2 Å². The Bertz CT molecular complexity index is 454. The minimum Gasteiger partial charge on any atom is -0.478 e. The Kier molecular flexibility index (Phi) is 5.03. The summed E-state index contributed by atoms with van der Waals surface area (Å²) in [6.07, 6.45) is 0. The van der Waals surface area contributed by atoms with Gasteiger partial charge in [0.1, 0.15) is 5.82 Å². The van der Waals surface area contributed by atoms with Gasteiger partial charge in [0.05, 0.1) is 11.2 Å². The summed E-state index contributed by atoms with van der Waals surface area (Å²) in [6.45, 7) is 6.57. The average Bonchev–Trinajstić information content (AvgIpc) is 2.28. The first kappa shape index (κ1) is 15.6. The molecule has 0 amide bonds. The molecular weight excluding hydrogens is 249 g/mol. The van der Waals surface area contributed by atoms with E-state index in [1.807, 2.05) is 11.8 Å². The molecule has 0 aliphatic rings. The van der Waals surface area contributed by atoms with E-state index in [0.29, 0.717) is 18.7 Å². The van der Waals surface area contributed by atoms with E-state index in [-0.39, 0.29) is 12.1 Å². The lowest BCUT2D eigenvalue weighted by molar-refractivity contribution is 0.0349. The van der Waals surface area contributed by atoms with Gasteiger partial charge in [-0.25, -0.2) is 9.18 Å². The van der Waals surface area contributed by atoms with Gasteiger partial charge in [0.2, 0.25) is 0 Å². The second kappa shape index (κ2) is 6.12. The van der Waals surface area contributed by atoms with Crippen LogP contribution >= 0.6 is 0 Å². The third kappa shape index (κ3) is 4.96. The second-order valence-corrected chi connectivity index (χ2v) is 5.23. The Morgan fingerprint density at radius 2 is 2.05 bits per heavy atom. The molecule has 5 heteroatoms. The highest BCUT2D eigenvalue weighted by atomic mass is 19.1. The van der Waals surface area contributed by atoms with Crippen molar-refractivity contribution in [2.24, 2.45) is 0 Å². The third-order valence-corrected chi connectivity index (χ3v) is 2.74. The molecule has 1 rings (SSSR count). The van der Waals surface area contributed by atoms with E-state index in [4.69, 9.17) is 5.11 Å². The standard InChI is InChI=1S/C14H20FNO3/c1-4-16(9-14(2,3)19)8-11-7-10(13(17)18)5-6-12(11)15/h5-7,19H,4,8-9H2,1-3H3,(H,17,18). The van der Waals surface area contributed by atoms with Crippen molar-refractivity contribution < 1.29 is 19.4 Å². The van der Waals surface area contributed by atoms with Crippen LogP contribution in [0.25, 0.3) is 0 Å². The first-order valence-corrected chi connectivity index (χ1v) is 6.19. The van der Waals surface area contributed by atoms with Crippen molar-refractivity contribution in [2.45, 2.75) is 32.9 Å². The summed E-state index contributed by atoms with van der Waals surface area (Å²) < 4.78 is 13.7. The van der Waals surface area contributed by atoms with Gasteiger partial charge in [0.25, 0.3) is 0 Å². The summed E-state index contributed by atoms with van der Waals surface area (Å²) in [6, 6.07) is 3.74. The summed E-state index contributed by atoms with van der Waals surface area (Å²) in [5.41, 5.74) is -0.488. The molecule has 0 fully saturated rings. The second-order valence-electron chi connectivity index (χ2n) is 5.23. The third-order valence-electron chi connectivity index (χ3n) is 2.74. The monoisotopic (exact) mass is 269 g/mol. The number of benzene rings is 1. The molecule has 106 valence electrons. The maximum Gasteiger partial charge on any atom is 0.335 e. The van der Waals surface area contributed by atoms with Crippen LogP contribution in [0, 0.1) is 5.82 Å². The predicted molar refractivity (Wildman–Crippen MR) is 70.6 cm³/mol. The minimum absolute atomic E-state index is 0.0655. The topological polar surface area (TPSA) is 60.8 Å². The molecular formula is C14H20FNO3. The van der Waals surface area contributed by atoms with E-state index in [1.54, 1.807) is 13.8 Å². The maximum atomic E-state index is 13.7. The quantitative estimate of drug-likeness (QED) is 0.830. The fourth-order valence-corrected chi connectivity index (χ4v) is 1.90. The van der Waals surface area contributed by atoms with Gasteiger partial charge in [0, 0.05) is 18.7 Å². The number of halogens is 1. The molecule has 0 saturated carbocycles. The first-order valence-electron chi connectivity index (χ1n) is 6.19. The van der Waals surface area contributed by atoms with Gasteiger partial charge >= 0.3 is 5.97 Å². The van der Waals surface area contributed by atoms with E-state index in [9.17, 15) is 14.3 Å². The Morgan fingerprint density at radius 1 is 1.42 bits per heavy atom. The highest BCUT2D eigenvalue weighted by Gasteiger charge is 2.19. The fraction of sp³-hybridized carbons (Fsp3) is 0.500. The molecule has 2 N–H and O–H groups in total. The zero-order valence-electron chi connectivity index (χ0n) is 11.5. The van der Waals surface area contributed by atoms with Crippen LogP contribution in [0.4, 0.5) is 4.39 Å². The summed E-state index contributed by atoms with van der Waals surface area (Å²) in [5.74, 6) is -1.51. The summed E-state index contributed by atoms with van der Waals surface area (Å²) >= 11 is 0. The lowest BCUT2D eigenvalue weighted by Crippen LogP contribution is -2.38. The first-order chi connectivity index (χ1) is 8.73. The number of likely N-dealkylation sites (N-methyl/N-ethyl adjacent to an activating group) is 1. The SMILES string of the molecule is CCN(Cc1cc(C(=O)O)ccc1F)CC(C)(C)O. The number of aromatic carboxylic acids is 1. The van der Waals surface area contributed by atoms with E-state index in [2.05, 4.69) is 0 Å². The van der Waals surface area contributed by atoms with Crippen molar-refractivity contribution in [3.05, 3.63) is 35.1 Å². The molecule has 19 heavy (non-hydrogen) atoms. The predicted octanol–water partition coefficient (Wildman–Crippen LogP) is 2.12.